The van der Waals surface area contributed by atoms with Gasteiger partial charge in [0.05, 0.1) is 6.42 Å². The fourth-order valence-electron chi connectivity index (χ4n) is 1.75. The third kappa shape index (κ3) is 4.10. The van der Waals surface area contributed by atoms with Gasteiger partial charge in [-0.25, -0.2) is 0 Å². The number of hydrogen-bond donors (Lipinski definition) is 1. The molecule has 1 N–H and O–H groups in total. The summed E-state index contributed by atoms with van der Waals surface area (Å²) in [6.07, 6.45) is 0.0119. The highest BCUT2D eigenvalue weighted by atomic mass is 79.9. The van der Waals surface area contributed by atoms with Gasteiger partial charge < -0.3 is 9.84 Å². The van der Waals surface area contributed by atoms with Crippen molar-refractivity contribution in [2.45, 2.75) is 13.0 Å². The van der Waals surface area contributed by atoms with E-state index in [0.29, 0.717) is 6.61 Å². The molecule has 0 bridgehead atoms. The van der Waals surface area contributed by atoms with Gasteiger partial charge in [0.1, 0.15) is 12.4 Å². The van der Waals surface area contributed by atoms with Crippen LogP contribution in [0.3, 0.4) is 0 Å². The number of carboxylic acids is 1. The second kappa shape index (κ2) is 6.38. The molecule has 0 aliphatic heterocycles. The van der Waals surface area contributed by atoms with Crippen LogP contribution in [0.25, 0.3) is 0 Å². The molecule has 0 amide bonds. The molecule has 0 aromatic heterocycles. The molecule has 0 heterocycles. The summed E-state index contributed by atoms with van der Waals surface area (Å²) in [5.74, 6) is -0.0885. The number of halogens is 1. The average Bonchev–Trinajstić information content (AvgIpc) is 2.37. The van der Waals surface area contributed by atoms with Crippen LogP contribution < -0.4 is 4.74 Å². The minimum Gasteiger partial charge on any atom is -0.489 e. The monoisotopic (exact) mass is 320 g/mol. The predicted molar refractivity (Wildman–Crippen MR) is 76.3 cm³/mol. The molecular formula is C15H13BrO3. The van der Waals surface area contributed by atoms with Gasteiger partial charge in [0.15, 0.2) is 0 Å². The van der Waals surface area contributed by atoms with Gasteiger partial charge in [-0.15, -0.1) is 0 Å². The van der Waals surface area contributed by atoms with E-state index in [-0.39, 0.29) is 6.42 Å². The normalized spacial score (nSPS) is 10.2. The van der Waals surface area contributed by atoms with E-state index >= 15 is 0 Å². The molecule has 0 spiro atoms. The first kappa shape index (κ1) is 13.6. The summed E-state index contributed by atoms with van der Waals surface area (Å²) in [6.45, 7) is 0.361. The quantitative estimate of drug-likeness (QED) is 0.914. The van der Waals surface area contributed by atoms with Crippen LogP contribution in [0.15, 0.2) is 53.0 Å². The Balaban J connectivity index is 2.09. The molecule has 4 heteroatoms. The van der Waals surface area contributed by atoms with E-state index in [9.17, 15) is 4.79 Å². The Morgan fingerprint density at radius 1 is 1.11 bits per heavy atom. The standard InChI is InChI=1S/C15H13BrO3/c16-13-6-3-7-14(9-13)19-10-12-5-2-1-4-11(12)8-15(17)18/h1-7,9H,8,10H2,(H,17,18). The van der Waals surface area contributed by atoms with Crippen LogP contribution in [0, 0.1) is 0 Å². The summed E-state index contributed by atoms with van der Waals surface area (Å²) in [5, 5.41) is 8.87. The van der Waals surface area contributed by atoms with Crippen LogP contribution in [0.5, 0.6) is 5.75 Å². The first-order chi connectivity index (χ1) is 9.15. The van der Waals surface area contributed by atoms with Crippen LogP contribution in [-0.4, -0.2) is 11.1 Å². The van der Waals surface area contributed by atoms with Crippen LogP contribution in [-0.2, 0) is 17.8 Å². The smallest absolute Gasteiger partial charge is 0.307 e. The first-order valence-electron chi connectivity index (χ1n) is 5.82. The molecule has 2 aromatic carbocycles. The number of ether oxygens (including phenoxy) is 1. The summed E-state index contributed by atoms with van der Waals surface area (Å²) in [7, 11) is 0. The second-order valence-electron chi connectivity index (χ2n) is 4.09. The minimum absolute atomic E-state index is 0.0119. The zero-order valence-electron chi connectivity index (χ0n) is 10.2. The van der Waals surface area contributed by atoms with Gasteiger partial charge in [-0.3, -0.25) is 4.79 Å². The summed E-state index contributed by atoms with van der Waals surface area (Å²) >= 11 is 3.38. The van der Waals surface area contributed by atoms with Gasteiger partial charge >= 0.3 is 5.97 Å². The number of carboxylic acid groups (broad SMARTS) is 1. The number of aliphatic carboxylic acids is 1. The molecule has 2 rings (SSSR count). The molecular weight excluding hydrogens is 308 g/mol. The molecule has 0 saturated heterocycles. The molecule has 0 radical (unpaired) electrons. The maximum absolute atomic E-state index is 10.8. The van der Waals surface area contributed by atoms with Crippen molar-refractivity contribution in [3.8, 4) is 5.75 Å². The molecule has 0 fully saturated rings. The van der Waals surface area contributed by atoms with Crippen molar-refractivity contribution in [2.24, 2.45) is 0 Å². The highest BCUT2D eigenvalue weighted by Crippen LogP contribution is 2.20. The van der Waals surface area contributed by atoms with Crippen LogP contribution in [0.1, 0.15) is 11.1 Å². The molecule has 0 aliphatic carbocycles. The number of rotatable bonds is 5. The molecule has 0 saturated carbocycles. The van der Waals surface area contributed by atoms with Crippen molar-refractivity contribution in [1.82, 2.24) is 0 Å². The molecule has 0 aliphatic rings. The zero-order chi connectivity index (χ0) is 13.7. The maximum Gasteiger partial charge on any atom is 0.307 e. The summed E-state index contributed by atoms with van der Waals surface area (Å²) in [4.78, 5) is 10.8. The lowest BCUT2D eigenvalue weighted by molar-refractivity contribution is -0.136. The molecule has 98 valence electrons. The van der Waals surface area contributed by atoms with Crippen molar-refractivity contribution < 1.29 is 14.6 Å². The molecule has 0 unspecified atom stereocenters. The van der Waals surface area contributed by atoms with E-state index in [2.05, 4.69) is 15.9 Å². The van der Waals surface area contributed by atoms with E-state index in [1.807, 2.05) is 48.5 Å². The fourth-order valence-corrected chi connectivity index (χ4v) is 2.13. The van der Waals surface area contributed by atoms with E-state index in [1.165, 1.54) is 0 Å². The van der Waals surface area contributed by atoms with E-state index < -0.39 is 5.97 Å². The number of benzene rings is 2. The van der Waals surface area contributed by atoms with Crippen molar-refractivity contribution >= 4 is 21.9 Å². The Morgan fingerprint density at radius 2 is 1.84 bits per heavy atom. The number of carbonyl (C=O) groups is 1. The summed E-state index contributed by atoms with van der Waals surface area (Å²) in [5.41, 5.74) is 1.68. The van der Waals surface area contributed by atoms with Gasteiger partial charge in [-0.05, 0) is 29.3 Å². The first-order valence-corrected chi connectivity index (χ1v) is 6.61. The van der Waals surface area contributed by atoms with Crippen molar-refractivity contribution in [2.75, 3.05) is 0 Å². The van der Waals surface area contributed by atoms with E-state index in [4.69, 9.17) is 9.84 Å². The van der Waals surface area contributed by atoms with Gasteiger partial charge in [-0.2, -0.15) is 0 Å². The van der Waals surface area contributed by atoms with E-state index in [1.54, 1.807) is 0 Å². The topological polar surface area (TPSA) is 46.5 Å². The summed E-state index contributed by atoms with van der Waals surface area (Å²) < 4.78 is 6.62. The Morgan fingerprint density at radius 3 is 2.53 bits per heavy atom. The van der Waals surface area contributed by atoms with E-state index in [0.717, 1.165) is 21.3 Å². The Bertz CT molecular complexity index is 581. The van der Waals surface area contributed by atoms with Crippen molar-refractivity contribution in [3.05, 3.63) is 64.1 Å². The highest BCUT2D eigenvalue weighted by Gasteiger charge is 2.06. The largest absolute Gasteiger partial charge is 0.489 e. The minimum atomic E-state index is -0.838. The van der Waals surface area contributed by atoms with Gasteiger partial charge in [0, 0.05) is 4.47 Å². The van der Waals surface area contributed by atoms with Crippen molar-refractivity contribution in [1.29, 1.82) is 0 Å². The Hall–Kier alpha value is -1.81. The Kier molecular flexibility index (Phi) is 4.58. The van der Waals surface area contributed by atoms with Gasteiger partial charge in [-0.1, -0.05) is 46.3 Å². The average molecular weight is 321 g/mol. The molecule has 0 atom stereocenters. The lowest BCUT2D eigenvalue weighted by atomic mass is 10.1. The van der Waals surface area contributed by atoms with Crippen molar-refractivity contribution in [3.63, 3.8) is 0 Å². The maximum atomic E-state index is 10.8. The van der Waals surface area contributed by atoms with Crippen LogP contribution in [0.2, 0.25) is 0 Å². The predicted octanol–water partition coefficient (Wildman–Crippen LogP) is 3.66. The van der Waals surface area contributed by atoms with Gasteiger partial charge in [0.25, 0.3) is 0 Å². The summed E-state index contributed by atoms with van der Waals surface area (Å²) in [6, 6.07) is 15.0. The number of hydrogen-bond acceptors (Lipinski definition) is 2. The SMILES string of the molecule is O=C(O)Cc1ccccc1COc1cccc(Br)c1. The third-order valence-corrected chi connectivity index (χ3v) is 3.14. The Labute approximate surface area is 120 Å². The molecule has 3 nitrogen and oxygen atoms in total. The van der Waals surface area contributed by atoms with Crippen LogP contribution in [0.4, 0.5) is 0 Å². The molecule has 2 aromatic rings. The third-order valence-electron chi connectivity index (χ3n) is 2.65. The lowest BCUT2D eigenvalue weighted by Gasteiger charge is -2.10. The molecule has 19 heavy (non-hydrogen) atoms. The zero-order valence-corrected chi connectivity index (χ0v) is 11.8. The highest BCUT2D eigenvalue weighted by molar-refractivity contribution is 9.10. The van der Waals surface area contributed by atoms with Crippen LogP contribution >= 0.6 is 15.9 Å². The fraction of sp³-hybridized carbons (Fsp3) is 0.133. The second-order valence-corrected chi connectivity index (χ2v) is 5.00. The lowest BCUT2D eigenvalue weighted by Crippen LogP contribution is -2.05. The van der Waals surface area contributed by atoms with Gasteiger partial charge in [0.2, 0.25) is 0 Å².